The van der Waals surface area contributed by atoms with Gasteiger partial charge in [0.25, 0.3) is 0 Å². The van der Waals surface area contributed by atoms with Gasteiger partial charge in [-0.05, 0) is 36.2 Å². The number of benzene rings is 2. The Morgan fingerprint density at radius 1 is 1.10 bits per heavy atom. The van der Waals surface area contributed by atoms with Gasteiger partial charge in [0.1, 0.15) is 17.3 Å². The van der Waals surface area contributed by atoms with Crippen LogP contribution in [0, 0.1) is 5.82 Å². The fourth-order valence-electron chi connectivity index (χ4n) is 2.12. The molecule has 0 saturated heterocycles. The topological polar surface area (TPSA) is 44.5 Å². The van der Waals surface area contributed by atoms with E-state index in [9.17, 15) is 4.39 Å². The molecule has 2 N–H and O–H groups in total. The highest BCUT2D eigenvalue weighted by molar-refractivity contribution is 9.10. The van der Waals surface area contributed by atoms with Gasteiger partial charge in [-0.3, -0.25) is 0 Å². The summed E-state index contributed by atoms with van der Waals surface area (Å²) in [5.74, 6) is 0.863. The van der Waals surface area contributed by atoms with E-state index >= 15 is 0 Å². The Hall–Kier alpha value is -1.59. The standard InChI is InChI=1S/C16H17BrFNO2/c1-20-11-4-6-14(17)10(7-11)8-16(19)13-5-3-12(21-2)9-15(13)18/h3-7,9,16H,8,19H2,1-2H3. The Labute approximate surface area is 132 Å². The zero-order valence-corrected chi connectivity index (χ0v) is 13.5. The van der Waals surface area contributed by atoms with Gasteiger partial charge < -0.3 is 15.2 Å². The number of nitrogens with two attached hydrogens (primary N) is 1. The van der Waals surface area contributed by atoms with Gasteiger partial charge in [-0.25, -0.2) is 4.39 Å². The van der Waals surface area contributed by atoms with E-state index in [2.05, 4.69) is 15.9 Å². The number of rotatable bonds is 5. The van der Waals surface area contributed by atoms with Crippen LogP contribution in [-0.4, -0.2) is 14.2 Å². The summed E-state index contributed by atoms with van der Waals surface area (Å²) < 4.78 is 25.2. The van der Waals surface area contributed by atoms with Crippen LogP contribution in [0.5, 0.6) is 11.5 Å². The average Bonchev–Trinajstić information content (AvgIpc) is 2.49. The van der Waals surface area contributed by atoms with Gasteiger partial charge >= 0.3 is 0 Å². The molecule has 0 heterocycles. The number of methoxy groups -OCH3 is 2. The Bertz CT molecular complexity index is 634. The minimum Gasteiger partial charge on any atom is -0.497 e. The molecule has 0 aliphatic carbocycles. The third kappa shape index (κ3) is 3.74. The molecule has 1 atom stereocenters. The maximum atomic E-state index is 14.0. The Morgan fingerprint density at radius 2 is 1.71 bits per heavy atom. The second-order valence-electron chi connectivity index (χ2n) is 4.66. The number of hydrogen-bond donors (Lipinski definition) is 1. The van der Waals surface area contributed by atoms with Crippen molar-refractivity contribution < 1.29 is 13.9 Å². The van der Waals surface area contributed by atoms with Crippen LogP contribution in [0.25, 0.3) is 0 Å². The van der Waals surface area contributed by atoms with Gasteiger partial charge in [0.05, 0.1) is 14.2 Å². The molecule has 2 rings (SSSR count). The second kappa shape index (κ2) is 6.91. The smallest absolute Gasteiger partial charge is 0.131 e. The molecule has 21 heavy (non-hydrogen) atoms. The van der Waals surface area contributed by atoms with E-state index in [0.29, 0.717) is 17.7 Å². The highest BCUT2D eigenvalue weighted by Crippen LogP contribution is 2.28. The molecule has 0 saturated carbocycles. The first-order valence-corrected chi connectivity index (χ1v) is 7.26. The third-order valence-electron chi connectivity index (χ3n) is 3.30. The molecule has 1 unspecified atom stereocenters. The van der Waals surface area contributed by atoms with Crippen molar-refractivity contribution in [2.45, 2.75) is 12.5 Å². The monoisotopic (exact) mass is 353 g/mol. The highest BCUT2D eigenvalue weighted by Gasteiger charge is 2.15. The molecule has 0 amide bonds. The SMILES string of the molecule is COc1ccc(C(N)Cc2cc(OC)ccc2Br)c(F)c1. The van der Waals surface area contributed by atoms with E-state index in [4.69, 9.17) is 15.2 Å². The van der Waals surface area contributed by atoms with Crippen molar-refractivity contribution in [2.75, 3.05) is 14.2 Å². The molecule has 2 aromatic carbocycles. The lowest BCUT2D eigenvalue weighted by atomic mass is 9.99. The summed E-state index contributed by atoms with van der Waals surface area (Å²) in [6.45, 7) is 0. The van der Waals surface area contributed by atoms with Gasteiger partial charge in [0.2, 0.25) is 0 Å². The molecule has 112 valence electrons. The number of ether oxygens (including phenoxy) is 2. The quantitative estimate of drug-likeness (QED) is 0.887. The summed E-state index contributed by atoms with van der Waals surface area (Å²) in [6, 6.07) is 9.91. The van der Waals surface area contributed by atoms with E-state index in [1.54, 1.807) is 19.2 Å². The fraction of sp³-hybridized carbons (Fsp3) is 0.250. The zero-order chi connectivity index (χ0) is 15.4. The molecule has 0 aliphatic heterocycles. The first kappa shape index (κ1) is 15.8. The van der Waals surface area contributed by atoms with Crippen LogP contribution in [0.1, 0.15) is 17.2 Å². The lowest BCUT2D eigenvalue weighted by Gasteiger charge is -2.15. The lowest BCUT2D eigenvalue weighted by molar-refractivity contribution is 0.410. The molecule has 5 heteroatoms. The van der Waals surface area contributed by atoms with Gasteiger partial charge in [-0.2, -0.15) is 0 Å². The first-order chi connectivity index (χ1) is 10.0. The summed E-state index contributed by atoms with van der Waals surface area (Å²) >= 11 is 3.48. The molecule has 0 aromatic heterocycles. The molecule has 0 bridgehead atoms. The van der Waals surface area contributed by atoms with Crippen molar-refractivity contribution in [1.82, 2.24) is 0 Å². The van der Waals surface area contributed by atoms with Gasteiger partial charge in [-0.1, -0.05) is 22.0 Å². The van der Waals surface area contributed by atoms with E-state index in [0.717, 1.165) is 15.8 Å². The maximum Gasteiger partial charge on any atom is 0.131 e. The van der Waals surface area contributed by atoms with Crippen LogP contribution < -0.4 is 15.2 Å². The maximum absolute atomic E-state index is 14.0. The zero-order valence-electron chi connectivity index (χ0n) is 11.9. The molecular weight excluding hydrogens is 337 g/mol. The van der Waals surface area contributed by atoms with Crippen LogP contribution in [0.15, 0.2) is 40.9 Å². The van der Waals surface area contributed by atoms with Crippen LogP contribution in [0.3, 0.4) is 0 Å². The van der Waals surface area contributed by atoms with Crippen molar-refractivity contribution >= 4 is 15.9 Å². The van der Waals surface area contributed by atoms with Gasteiger partial charge in [-0.15, -0.1) is 0 Å². The molecule has 0 spiro atoms. The number of hydrogen-bond acceptors (Lipinski definition) is 3. The minimum atomic E-state index is -0.445. The van der Waals surface area contributed by atoms with E-state index in [-0.39, 0.29) is 5.82 Å². The van der Waals surface area contributed by atoms with Crippen molar-refractivity contribution in [1.29, 1.82) is 0 Å². The largest absolute Gasteiger partial charge is 0.497 e. The fourth-order valence-corrected chi connectivity index (χ4v) is 2.53. The Morgan fingerprint density at radius 3 is 2.33 bits per heavy atom. The molecule has 2 aromatic rings. The first-order valence-electron chi connectivity index (χ1n) is 6.46. The third-order valence-corrected chi connectivity index (χ3v) is 4.07. The Balaban J connectivity index is 2.23. The molecule has 0 fully saturated rings. The summed E-state index contributed by atoms with van der Waals surface area (Å²) in [6.07, 6.45) is 0.501. The molecule has 0 radical (unpaired) electrons. The van der Waals surface area contributed by atoms with Crippen LogP contribution >= 0.6 is 15.9 Å². The second-order valence-corrected chi connectivity index (χ2v) is 5.51. The summed E-state index contributed by atoms with van der Waals surface area (Å²) in [7, 11) is 3.11. The van der Waals surface area contributed by atoms with Crippen molar-refractivity contribution in [3.8, 4) is 11.5 Å². The Kier molecular flexibility index (Phi) is 5.20. The lowest BCUT2D eigenvalue weighted by Crippen LogP contribution is -2.15. The van der Waals surface area contributed by atoms with Gasteiger partial charge in [0, 0.05) is 22.1 Å². The summed E-state index contributed by atoms with van der Waals surface area (Å²) in [4.78, 5) is 0. The van der Waals surface area contributed by atoms with Crippen LogP contribution in [0.4, 0.5) is 4.39 Å². The van der Waals surface area contributed by atoms with Gasteiger partial charge in [0.15, 0.2) is 0 Å². The van der Waals surface area contributed by atoms with E-state index in [1.807, 2.05) is 18.2 Å². The van der Waals surface area contributed by atoms with E-state index in [1.165, 1.54) is 13.2 Å². The molecule has 3 nitrogen and oxygen atoms in total. The predicted octanol–water partition coefficient (Wildman–Crippen LogP) is 3.85. The molecule has 0 aliphatic rings. The van der Waals surface area contributed by atoms with Crippen molar-refractivity contribution in [2.24, 2.45) is 5.73 Å². The normalized spacial score (nSPS) is 12.0. The number of halogens is 2. The summed E-state index contributed by atoms with van der Waals surface area (Å²) in [5, 5.41) is 0. The van der Waals surface area contributed by atoms with Crippen LogP contribution in [-0.2, 0) is 6.42 Å². The highest BCUT2D eigenvalue weighted by atomic mass is 79.9. The van der Waals surface area contributed by atoms with Crippen molar-refractivity contribution in [3.63, 3.8) is 0 Å². The predicted molar refractivity (Wildman–Crippen MR) is 84.3 cm³/mol. The average molecular weight is 354 g/mol. The van der Waals surface area contributed by atoms with Crippen LogP contribution in [0.2, 0.25) is 0 Å². The summed E-state index contributed by atoms with van der Waals surface area (Å²) in [5.41, 5.74) is 7.57. The van der Waals surface area contributed by atoms with E-state index < -0.39 is 6.04 Å². The minimum absolute atomic E-state index is 0.360. The van der Waals surface area contributed by atoms with Crippen molar-refractivity contribution in [3.05, 3.63) is 57.8 Å². The molecular formula is C16H17BrFNO2.